The molecule has 0 spiro atoms. The number of hydrogen-bond donors (Lipinski definition) is 1. The number of aryl methyl sites for hydroxylation is 1. The van der Waals surface area contributed by atoms with Gasteiger partial charge in [-0.2, -0.15) is 0 Å². The van der Waals surface area contributed by atoms with Gasteiger partial charge in [0.05, 0.1) is 0 Å². The molecule has 2 rings (SSSR count). The first-order valence-electron chi connectivity index (χ1n) is 8.65. The van der Waals surface area contributed by atoms with E-state index in [1.165, 1.54) is 54.1 Å². The second-order valence-corrected chi connectivity index (χ2v) is 7.54. The molecule has 1 fully saturated rings. The molecular weight excluding hydrogens is 322 g/mol. The fourth-order valence-electron chi connectivity index (χ4n) is 3.71. The van der Waals surface area contributed by atoms with Crippen LogP contribution in [0.3, 0.4) is 0 Å². The third kappa shape index (κ3) is 4.56. The Balaban J connectivity index is 2.16. The van der Waals surface area contributed by atoms with Gasteiger partial charge in [-0.25, -0.2) is 0 Å². The maximum atomic E-state index is 3.84. The zero-order valence-electron chi connectivity index (χ0n) is 13.8. The Labute approximate surface area is 139 Å². The quantitative estimate of drug-likeness (QED) is 0.661. The summed E-state index contributed by atoms with van der Waals surface area (Å²) < 4.78 is 1.20. The van der Waals surface area contributed by atoms with Gasteiger partial charge < -0.3 is 5.32 Å². The van der Waals surface area contributed by atoms with Crippen molar-refractivity contribution in [3.05, 3.63) is 33.8 Å². The molecule has 1 N–H and O–H groups in total. The van der Waals surface area contributed by atoms with Crippen LogP contribution in [0.4, 0.5) is 0 Å². The lowest BCUT2D eigenvalue weighted by atomic mass is 9.75. The van der Waals surface area contributed by atoms with Crippen LogP contribution in [0.1, 0.15) is 69.5 Å². The van der Waals surface area contributed by atoms with Gasteiger partial charge in [0.15, 0.2) is 0 Å². The van der Waals surface area contributed by atoms with Crippen molar-refractivity contribution >= 4 is 15.9 Å². The van der Waals surface area contributed by atoms with Crippen molar-refractivity contribution in [3.63, 3.8) is 0 Å². The Kier molecular flexibility index (Phi) is 6.75. The molecule has 1 aromatic carbocycles. The zero-order valence-corrected chi connectivity index (χ0v) is 15.4. The molecule has 1 nitrogen and oxygen atoms in total. The Bertz CT molecular complexity index is 435. The van der Waals surface area contributed by atoms with E-state index in [1.807, 2.05) is 0 Å². The van der Waals surface area contributed by atoms with Crippen molar-refractivity contribution in [2.75, 3.05) is 6.54 Å². The van der Waals surface area contributed by atoms with Crippen LogP contribution in [0.25, 0.3) is 0 Å². The normalized spacial score (nSPS) is 24.0. The van der Waals surface area contributed by atoms with Crippen LogP contribution in [0.15, 0.2) is 22.7 Å². The summed E-state index contributed by atoms with van der Waals surface area (Å²) in [7, 11) is 0. The summed E-state index contributed by atoms with van der Waals surface area (Å²) in [5, 5.41) is 3.84. The van der Waals surface area contributed by atoms with E-state index in [0.717, 1.165) is 18.4 Å². The van der Waals surface area contributed by atoms with Gasteiger partial charge in [-0.3, -0.25) is 0 Å². The van der Waals surface area contributed by atoms with Crippen molar-refractivity contribution in [2.24, 2.45) is 11.8 Å². The molecule has 118 valence electrons. The smallest absolute Gasteiger partial charge is 0.0351 e. The molecule has 1 atom stereocenters. The van der Waals surface area contributed by atoms with Gasteiger partial charge in [-0.1, -0.05) is 55.1 Å². The number of nitrogens with one attached hydrogen (secondary N) is 1. The minimum atomic E-state index is 0.528. The van der Waals surface area contributed by atoms with E-state index in [2.05, 4.69) is 60.2 Å². The van der Waals surface area contributed by atoms with Crippen LogP contribution in [0.5, 0.6) is 0 Å². The number of halogens is 1. The monoisotopic (exact) mass is 351 g/mol. The first-order valence-corrected chi connectivity index (χ1v) is 9.44. The van der Waals surface area contributed by atoms with Gasteiger partial charge in [0.25, 0.3) is 0 Å². The van der Waals surface area contributed by atoms with Gasteiger partial charge in [-0.05, 0) is 67.8 Å². The largest absolute Gasteiger partial charge is 0.310 e. The topological polar surface area (TPSA) is 12.0 Å². The van der Waals surface area contributed by atoms with E-state index >= 15 is 0 Å². The fraction of sp³-hybridized carbons (Fsp3) is 0.684. The van der Waals surface area contributed by atoms with E-state index in [0.29, 0.717) is 6.04 Å². The lowest BCUT2D eigenvalue weighted by molar-refractivity contribution is 0.218. The highest BCUT2D eigenvalue weighted by atomic mass is 79.9. The number of benzene rings is 1. The average molecular weight is 352 g/mol. The molecule has 2 heteroatoms. The van der Waals surface area contributed by atoms with Crippen molar-refractivity contribution in [3.8, 4) is 0 Å². The molecule has 0 amide bonds. The molecule has 21 heavy (non-hydrogen) atoms. The summed E-state index contributed by atoms with van der Waals surface area (Å²) in [6.45, 7) is 7.96. The lowest BCUT2D eigenvalue weighted by Gasteiger charge is -2.35. The van der Waals surface area contributed by atoms with Gasteiger partial charge >= 0.3 is 0 Å². The third-order valence-corrected chi connectivity index (χ3v) is 5.62. The molecule has 0 aromatic heterocycles. The maximum absolute atomic E-state index is 3.84. The van der Waals surface area contributed by atoms with Crippen LogP contribution in [-0.4, -0.2) is 6.54 Å². The molecule has 1 aromatic rings. The molecule has 0 bridgehead atoms. The summed E-state index contributed by atoms with van der Waals surface area (Å²) in [6, 6.07) is 7.26. The molecule has 1 unspecified atom stereocenters. The predicted octanol–water partition coefficient (Wildman–Crippen LogP) is 6.01. The molecule has 0 aliphatic heterocycles. The first kappa shape index (κ1) is 17.0. The van der Waals surface area contributed by atoms with Crippen LogP contribution in [0, 0.1) is 18.8 Å². The van der Waals surface area contributed by atoms with Crippen molar-refractivity contribution in [2.45, 2.75) is 65.3 Å². The summed E-state index contributed by atoms with van der Waals surface area (Å²) in [5.74, 6) is 1.77. The first-order chi connectivity index (χ1) is 10.2. The number of hydrogen-bond acceptors (Lipinski definition) is 1. The zero-order chi connectivity index (χ0) is 15.2. The summed E-state index contributed by atoms with van der Waals surface area (Å²) in [5.41, 5.74) is 2.92. The molecule has 1 aliphatic carbocycles. The Morgan fingerprint density at radius 3 is 2.52 bits per heavy atom. The fourth-order valence-corrected chi connectivity index (χ4v) is 4.09. The van der Waals surface area contributed by atoms with Crippen LogP contribution in [0.2, 0.25) is 0 Å². The van der Waals surface area contributed by atoms with Gasteiger partial charge in [-0.15, -0.1) is 0 Å². The van der Waals surface area contributed by atoms with Crippen LogP contribution >= 0.6 is 15.9 Å². The minimum Gasteiger partial charge on any atom is -0.310 e. The van der Waals surface area contributed by atoms with Crippen LogP contribution in [-0.2, 0) is 0 Å². The minimum absolute atomic E-state index is 0.528. The van der Waals surface area contributed by atoms with E-state index in [9.17, 15) is 0 Å². The Hall–Kier alpha value is -0.340. The van der Waals surface area contributed by atoms with Crippen LogP contribution < -0.4 is 5.32 Å². The summed E-state index contributed by atoms with van der Waals surface area (Å²) in [6.07, 6.45) is 8.15. The molecule has 0 radical (unpaired) electrons. The van der Waals surface area contributed by atoms with Crippen molar-refractivity contribution in [1.29, 1.82) is 0 Å². The Morgan fingerprint density at radius 2 is 1.90 bits per heavy atom. The molecule has 1 saturated carbocycles. The predicted molar refractivity (Wildman–Crippen MR) is 95.7 cm³/mol. The highest BCUT2D eigenvalue weighted by molar-refractivity contribution is 9.10. The highest BCUT2D eigenvalue weighted by Gasteiger charge is 2.28. The van der Waals surface area contributed by atoms with E-state index < -0.39 is 0 Å². The van der Waals surface area contributed by atoms with E-state index in [1.54, 1.807) is 0 Å². The van der Waals surface area contributed by atoms with E-state index in [-0.39, 0.29) is 0 Å². The van der Waals surface area contributed by atoms with Gasteiger partial charge in [0.2, 0.25) is 0 Å². The third-order valence-electron chi connectivity index (χ3n) is 5.13. The highest BCUT2D eigenvalue weighted by Crippen LogP contribution is 2.39. The lowest BCUT2D eigenvalue weighted by Crippen LogP contribution is -2.32. The number of rotatable bonds is 6. The molecule has 0 heterocycles. The molecular formula is C19H30BrN. The SMILES string of the molecule is CCCNC(c1cc(Br)ccc1C)C1CCC(CC)CC1. The summed E-state index contributed by atoms with van der Waals surface area (Å²) in [4.78, 5) is 0. The van der Waals surface area contributed by atoms with Gasteiger partial charge in [0.1, 0.15) is 0 Å². The average Bonchev–Trinajstić information content (AvgIpc) is 2.51. The van der Waals surface area contributed by atoms with Gasteiger partial charge in [0, 0.05) is 10.5 Å². The second-order valence-electron chi connectivity index (χ2n) is 6.62. The maximum Gasteiger partial charge on any atom is 0.0351 e. The second kappa shape index (κ2) is 8.33. The van der Waals surface area contributed by atoms with Crippen molar-refractivity contribution in [1.82, 2.24) is 5.32 Å². The Morgan fingerprint density at radius 1 is 1.19 bits per heavy atom. The summed E-state index contributed by atoms with van der Waals surface area (Å²) >= 11 is 3.65. The van der Waals surface area contributed by atoms with E-state index in [4.69, 9.17) is 0 Å². The van der Waals surface area contributed by atoms with Crippen molar-refractivity contribution < 1.29 is 0 Å². The molecule has 1 aliphatic rings. The molecule has 0 saturated heterocycles. The standard InChI is InChI=1S/C19H30BrN/c1-4-12-21-19(16-9-7-15(5-2)8-10-16)18-13-17(20)11-6-14(18)3/h6,11,13,15-16,19,21H,4-5,7-10,12H2,1-3H3.